The highest BCUT2D eigenvalue weighted by molar-refractivity contribution is 5.96. The van der Waals surface area contributed by atoms with Gasteiger partial charge in [-0.25, -0.2) is 0 Å². The van der Waals surface area contributed by atoms with Crippen LogP contribution in [0.25, 0.3) is 0 Å². The van der Waals surface area contributed by atoms with Crippen LogP contribution in [0.2, 0.25) is 0 Å². The summed E-state index contributed by atoms with van der Waals surface area (Å²) in [4.78, 5) is 15.1. The number of methoxy groups -OCH3 is 1. The quantitative estimate of drug-likeness (QED) is 0.621. The molecule has 6 heteroatoms. The molecule has 0 bridgehead atoms. The van der Waals surface area contributed by atoms with Gasteiger partial charge in [0, 0.05) is 12.2 Å². The molecule has 0 aliphatic rings. The van der Waals surface area contributed by atoms with Gasteiger partial charge >= 0.3 is 0 Å². The van der Waals surface area contributed by atoms with E-state index in [1.165, 1.54) is 0 Å². The van der Waals surface area contributed by atoms with Crippen molar-refractivity contribution >= 4 is 5.91 Å². The molecule has 3 rings (SSSR count). The molecular weight excluding hydrogens is 376 g/mol. The van der Waals surface area contributed by atoms with Crippen molar-refractivity contribution in [3.63, 3.8) is 0 Å². The lowest BCUT2D eigenvalue weighted by molar-refractivity contribution is 0.0940. The molecule has 3 aromatic rings. The molecular formula is C24H30N4O2. The molecule has 0 aliphatic carbocycles. The van der Waals surface area contributed by atoms with E-state index in [4.69, 9.17) is 4.74 Å². The average molecular weight is 407 g/mol. The van der Waals surface area contributed by atoms with Gasteiger partial charge in [0.25, 0.3) is 5.91 Å². The SMILES string of the molecule is COc1cccc(C(CNC(=O)c2c(C)nn(Cc3ccccc3)c2C)N(C)C)c1. The van der Waals surface area contributed by atoms with Gasteiger partial charge in [-0.3, -0.25) is 9.48 Å². The minimum Gasteiger partial charge on any atom is -0.497 e. The van der Waals surface area contributed by atoms with Gasteiger partial charge in [0.1, 0.15) is 5.75 Å². The van der Waals surface area contributed by atoms with Crippen molar-refractivity contribution < 1.29 is 9.53 Å². The number of hydrogen-bond donors (Lipinski definition) is 1. The zero-order valence-electron chi connectivity index (χ0n) is 18.3. The highest BCUT2D eigenvalue weighted by Crippen LogP contribution is 2.22. The molecule has 1 heterocycles. The second kappa shape index (κ2) is 9.59. The number of likely N-dealkylation sites (N-methyl/N-ethyl adjacent to an activating group) is 1. The standard InChI is InChI=1S/C24H30N4O2/c1-17-23(18(2)28(26-17)16-19-10-7-6-8-11-19)24(29)25-15-22(27(3)4)20-12-9-13-21(14-20)30-5/h6-14,22H,15-16H2,1-5H3,(H,25,29). The molecule has 30 heavy (non-hydrogen) atoms. The Morgan fingerprint density at radius 3 is 2.53 bits per heavy atom. The summed E-state index contributed by atoms with van der Waals surface area (Å²) in [7, 11) is 5.67. The van der Waals surface area contributed by atoms with Crippen LogP contribution in [0.3, 0.4) is 0 Å². The molecule has 0 fully saturated rings. The van der Waals surface area contributed by atoms with E-state index in [0.29, 0.717) is 18.7 Å². The monoisotopic (exact) mass is 406 g/mol. The smallest absolute Gasteiger partial charge is 0.255 e. The average Bonchev–Trinajstić information content (AvgIpc) is 3.01. The highest BCUT2D eigenvalue weighted by atomic mass is 16.5. The van der Waals surface area contributed by atoms with Gasteiger partial charge < -0.3 is 15.0 Å². The van der Waals surface area contributed by atoms with Crippen molar-refractivity contribution in [2.45, 2.75) is 26.4 Å². The third-order valence-corrected chi connectivity index (χ3v) is 5.34. The number of nitrogens with one attached hydrogen (secondary N) is 1. The molecule has 6 nitrogen and oxygen atoms in total. The zero-order valence-corrected chi connectivity index (χ0v) is 18.3. The maximum atomic E-state index is 13.0. The van der Waals surface area contributed by atoms with Crippen molar-refractivity contribution in [3.8, 4) is 5.75 Å². The summed E-state index contributed by atoms with van der Waals surface area (Å²) < 4.78 is 7.24. The Balaban J connectivity index is 1.74. The van der Waals surface area contributed by atoms with E-state index < -0.39 is 0 Å². The number of ether oxygens (including phenoxy) is 1. The van der Waals surface area contributed by atoms with E-state index in [1.807, 2.05) is 75.1 Å². The number of nitrogens with zero attached hydrogens (tertiary/aromatic N) is 3. The Kier molecular flexibility index (Phi) is 6.90. The highest BCUT2D eigenvalue weighted by Gasteiger charge is 2.21. The second-order valence-electron chi connectivity index (χ2n) is 7.66. The minimum absolute atomic E-state index is 0.0315. The van der Waals surface area contributed by atoms with Gasteiger partial charge in [0.05, 0.1) is 31.0 Å². The molecule has 1 aromatic heterocycles. The molecule has 1 atom stereocenters. The number of hydrogen-bond acceptors (Lipinski definition) is 4. The normalized spacial score (nSPS) is 12.1. The summed E-state index contributed by atoms with van der Waals surface area (Å²) in [5.74, 6) is 0.707. The van der Waals surface area contributed by atoms with E-state index >= 15 is 0 Å². The molecule has 2 aromatic carbocycles. The van der Waals surface area contributed by atoms with Gasteiger partial charge in [0.15, 0.2) is 0 Å². The number of benzene rings is 2. The predicted octanol–water partition coefficient (Wildman–Crippen LogP) is 3.59. The molecule has 0 saturated carbocycles. The lowest BCUT2D eigenvalue weighted by Crippen LogP contribution is -2.35. The van der Waals surface area contributed by atoms with E-state index in [1.54, 1.807) is 7.11 Å². The number of aromatic nitrogens is 2. The molecule has 0 radical (unpaired) electrons. The summed E-state index contributed by atoms with van der Waals surface area (Å²) >= 11 is 0. The first-order valence-corrected chi connectivity index (χ1v) is 10.1. The summed E-state index contributed by atoms with van der Waals surface area (Å²) in [6, 6.07) is 18.1. The number of rotatable bonds is 8. The van der Waals surface area contributed by atoms with Crippen LogP contribution in [0.4, 0.5) is 0 Å². The molecule has 0 saturated heterocycles. The molecule has 1 amide bonds. The third-order valence-electron chi connectivity index (χ3n) is 5.34. The first kappa shape index (κ1) is 21.6. The first-order chi connectivity index (χ1) is 14.4. The lowest BCUT2D eigenvalue weighted by atomic mass is 10.1. The summed E-state index contributed by atoms with van der Waals surface area (Å²) in [5, 5.41) is 7.70. The van der Waals surface area contributed by atoms with Crippen LogP contribution < -0.4 is 10.1 Å². The van der Waals surface area contributed by atoms with E-state index in [2.05, 4.69) is 27.4 Å². The summed E-state index contributed by atoms with van der Waals surface area (Å²) in [6.45, 7) is 4.96. The van der Waals surface area contributed by atoms with E-state index in [-0.39, 0.29) is 11.9 Å². The fraction of sp³-hybridized carbons (Fsp3) is 0.333. The number of carbonyl (C=O) groups excluding carboxylic acids is 1. The molecule has 0 spiro atoms. The fourth-order valence-corrected chi connectivity index (χ4v) is 3.66. The lowest BCUT2D eigenvalue weighted by Gasteiger charge is -2.25. The maximum Gasteiger partial charge on any atom is 0.255 e. The van der Waals surface area contributed by atoms with Crippen LogP contribution in [0, 0.1) is 13.8 Å². The van der Waals surface area contributed by atoms with Crippen LogP contribution in [0.5, 0.6) is 5.75 Å². The summed E-state index contributed by atoms with van der Waals surface area (Å²) in [5.41, 5.74) is 4.50. The van der Waals surface area contributed by atoms with Gasteiger partial charge in [0.2, 0.25) is 0 Å². The Hall–Kier alpha value is -3.12. The van der Waals surface area contributed by atoms with Crippen molar-refractivity contribution in [2.75, 3.05) is 27.7 Å². The first-order valence-electron chi connectivity index (χ1n) is 10.1. The Labute approximate surface area is 178 Å². The zero-order chi connectivity index (χ0) is 21.7. The third kappa shape index (κ3) is 4.89. The van der Waals surface area contributed by atoms with Crippen LogP contribution in [0.15, 0.2) is 54.6 Å². The fourth-order valence-electron chi connectivity index (χ4n) is 3.66. The number of aryl methyl sites for hydroxylation is 1. The van der Waals surface area contributed by atoms with Crippen LogP contribution in [0.1, 0.15) is 38.9 Å². The summed E-state index contributed by atoms with van der Waals surface area (Å²) in [6.07, 6.45) is 0. The van der Waals surface area contributed by atoms with Crippen LogP contribution in [-0.2, 0) is 6.54 Å². The predicted molar refractivity (Wildman–Crippen MR) is 119 cm³/mol. The largest absolute Gasteiger partial charge is 0.497 e. The van der Waals surface area contributed by atoms with Crippen molar-refractivity contribution in [1.29, 1.82) is 0 Å². The Bertz CT molecular complexity index is 996. The minimum atomic E-state index is -0.0981. The van der Waals surface area contributed by atoms with E-state index in [0.717, 1.165) is 28.3 Å². The second-order valence-corrected chi connectivity index (χ2v) is 7.66. The van der Waals surface area contributed by atoms with Crippen molar-refractivity contribution in [2.24, 2.45) is 0 Å². The number of carbonyl (C=O) groups is 1. The number of amides is 1. The van der Waals surface area contributed by atoms with Crippen molar-refractivity contribution in [1.82, 2.24) is 20.0 Å². The van der Waals surface area contributed by atoms with Gasteiger partial charge in [-0.2, -0.15) is 5.10 Å². The van der Waals surface area contributed by atoms with Gasteiger partial charge in [-0.05, 0) is 51.2 Å². The van der Waals surface area contributed by atoms with Crippen LogP contribution >= 0.6 is 0 Å². The van der Waals surface area contributed by atoms with Gasteiger partial charge in [-0.1, -0.05) is 42.5 Å². The Morgan fingerprint density at radius 1 is 1.13 bits per heavy atom. The maximum absolute atomic E-state index is 13.0. The molecule has 0 aliphatic heterocycles. The van der Waals surface area contributed by atoms with E-state index in [9.17, 15) is 4.79 Å². The van der Waals surface area contributed by atoms with Crippen molar-refractivity contribution in [3.05, 3.63) is 82.7 Å². The topological polar surface area (TPSA) is 59.4 Å². The molecule has 158 valence electrons. The van der Waals surface area contributed by atoms with Crippen LogP contribution in [-0.4, -0.2) is 48.3 Å². The molecule has 1 unspecified atom stereocenters. The Morgan fingerprint density at radius 2 is 1.87 bits per heavy atom. The molecule has 1 N–H and O–H groups in total. The van der Waals surface area contributed by atoms with Gasteiger partial charge in [-0.15, -0.1) is 0 Å².